The minimum Gasteiger partial charge on any atom is -0.778 e. The van der Waals surface area contributed by atoms with Crippen LogP contribution in [0.4, 0.5) is 0 Å². The fourth-order valence-electron chi connectivity index (χ4n) is 1.05. The first-order chi connectivity index (χ1) is 6.14. The molecule has 0 aliphatic heterocycles. The van der Waals surface area contributed by atoms with Crippen molar-refractivity contribution in [3.63, 3.8) is 0 Å². The third-order valence-electron chi connectivity index (χ3n) is 1.54. The molecular weight excluding hydrogens is 210 g/mol. The molecule has 0 saturated carbocycles. The molecule has 0 aliphatic carbocycles. The standard InChI is InChI=1S/C9H13O3P.Na/c1-2-12-13(10,11)8-9-6-4-3-5-7-9;/h3-7H,2,8H2,1H3,(H,10,11);/q;+1/p-1. The summed E-state index contributed by atoms with van der Waals surface area (Å²) in [6, 6.07) is 9.00. The minimum atomic E-state index is -3.66. The summed E-state index contributed by atoms with van der Waals surface area (Å²) in [5.74, 6) is 0. The van der Waals surface area contributed by atoms with E-state index in [1.807, 2.05) is 6.07 Å². The molecule has 3 nitrogen and oxygen atoms in total. The summed E-state index contributed by atoms with van der Waals surface area (Å²) in [6.07, 6.45) is -0.0261. The van der Waals surface area contributed by atoms with Crippen LogP contribution in [-0.2, 0) is 15.3 Å². The van der Waals surface area contributed by atoms with Crippen LogP contribution in [0.5, 0.6) is 0 Å². The Morgan fingerprint density at radius 3 is 2.43 bits per heavy atom. The summed E-state index contributed by atoms with van der Waals surface area (Å²) in [5.41, 5.74) is 0.759. The van der Waals surface area contributed by atoms with Gasteiger partial charge in [-0.15, -0.1) is 0 Å². The zero-order valence-electron chi connectivity index (χ0n) is 8.47. The summed E-state index contributed by atoms with van der Waals surface area (Å²) in [6.45, 7) is 1.86. The minimum absolute atomic E-state index is 0. The van der Waals surface area contributed by atoms with Crippen LogP contribution >= 0.6 is 7.60 Å². The Kier molecular flexibility index (Phi) is 6.96. The van der Waals surface area contributed by atoms with Crippen LogP contribution in [0.2, 0.25) is 0 Å². The van der Waals surface area contributed by atoms with Gasteiger partial charge in [0, 0.05) is 6.16 Å². The molecule has 0 aliphatic rings. The molecule has 0 heterocycles. The first-order valence-electron chi connectivity index (χ1n) is 4.12. The number of hydrogen-bond donors (Lipinski definition) is 0. The molecule has 5 heteroatoms. The molecule has 1 rings (SSSR count). The van der Waals surface area contributed by atoms with Crippen molar-refractivity contribution in [1.29, 1.82) is 0 Å². The summed E-state index contributed by atoms with van der Waals surface area (Å²) in [5, 5.41) is 0. The van der Waals surface area contributed by atoms with Crippen molar-refractivity contribution in [3.05, 3.63) is 35.9 Å². The van der Waals surface area contributed by atoms with Gasteiger partial charge in [0.05, 0.1) is 6.61 Å². The van der Waals surface area contributed by atoms with E-state index >= 15 is 0 Å². The van der Waals surface area contributed by atoms with Gasteiger partial charge in [-0.25, -0.2) is 0 Å². The van der Waals surface area contributed by atoms with Gasteiger partial charge in [-0.2, -0.15) is 0 Å². The molecule has 0 fully saturated rings. The van der Waals surface area contributed by atoms with E-state index < -0.39 is 7.60 Å². The predicted octanol–water partition coefficient (Wildman–Crippen LogP) is -1.22. The van der Waals surface area contributed by atoms with Gasteiger partial charge in [-0.05, 0) is 12.5 Å². The van der Waals surface area contributed by atoms with Crippen molar-refractivity contribution in [1.82, 2.24) is 0 Å². The third kappa shape index (κ3) is 5.30. The Balaban J connectivity index is 0.00000169. The Labute approximate surface area is 106 Å². The molecule has 0 spiro atoms. The summed E-state index contributed by atoms with van der Waals surface area (Å²) >= 11 is 0. The quantitative estimate of drug-likeness (QED) is 0.474. The van der Waals surface area contributed by atoms with Gasteiger partial charge >= 0.3 is 29.6 Å². The smallest absolute Gasteiger partial charge is 0.778 e. The molecule has 14 heavy (non-hydrogen) atoms. The molecule has 0 saturated heterocycles. The molecule has 1 unspecified atom stereocenters. The Morgan fingerprint density at radius 1 is 1.36 bits per heavy atom. The van der Waals surface area contributed by atoms with Crippen LogP contribution < -0.4 is 34.5 Å². The van der Waals surface area contributed by atoms with Crippen LogP contribution in [0.1, 0.15) is 12.5 Å². The zero-order valence-corrected chi connectivity index (χ0v) is 11.4. The number of hydrogen-bond acceptors (Lipinski definition) is 3. The van der Waals surface area contributed by atoms with Crippen LogP contribution in [-0.4, -0.2) is 6.61 Å². The summed E-state index contributed by atoms with van der Waals surface area (Å²) < 4.78 is 15.8. The van der Waals surface area contributed by atoms with E-state index in [0.29, 0.717) is 0 Å². The van der Waals surface area contributed by atoms with Crippen LogP contribution in [0.25, 0.3) is 0 Å². The second-order valence-corrected chi connectivity index (χ2v) is 4.47. The van der Waals surface area contributed by atoms with Gasteiger partial charge in [0.2, 0.25) is 0 Å². The maximum absolute atomic E-state index is 11.2. The van der Waals surface area contributed by atoms with E-state index in [2.05, 4.69) is 4.52 Å². The fraction of sp³-hybridized carbons (Fsp3) is 0.333. The van der Waals surface area contributed by atoms with Gasteiger partial charge in [0.25, 0.3) is 0 Å². The van der Waals surface area contributed by atoms with Crippen molar-refractivity contribution in [2.45, 2.75) is 13.1 Å². The van der Waals surface area contributed by atoms with Gasteiger partial charge in [0.15, 0.2) is 0 Å². The van der Waals surface area contributed by atoms with E-state index in [4.69, 9.17) is 0 Å². The van der Waals surface area contributed by atoms with Gasteiger partial charge < -0.3 is 14.0 Å². The van der Waals surface area contributed by atoms with Gasteiger partial charge in [-0.1, -0.05) is 30.3 Å². The number of benzene rings is 1. The molecule has 0 radical (unpaired) electrons. The molecule has 1 atom stereocenters. The van der Waals surface area contributed by atoms with Gasteiger partial charge in [0.1, 0.15) is 7.60 Å². The first kappa shape index (κ1) is 14.4. The van der Waals surface area contributed by atoms with Gasteiger partial charge in [-0.3, -0.25) is 0 Å². The molecular formula is C9H12NaO3P. The Hall–Kier alpha value is 0.370. The van der Waals surface area contributed by atoms with Crippen molar-refractivity contribution >= 4 is 7.60 Å². The maximum atomic E-state index is 11.2. The molecule has 0 amide bonds. The van der Waals surface area contributed by atoms with Crippen molar-refractivity contribution in [2.75, 3.05) is 6.61 Å². The molecule has 0 N–H and O–H groups in total. The van der Waals surface area contributed by atoms with E-state index in [9.17, 15) is 9.46 Å². The summed E-state index contributed by atoms with van der Waals surface area (Å²) in [4.78, 5) is 11.2. The SMILES string of the molecule is CCOP(=O)([O-])Cc1ccccc1.[Na+]. The number of rotatable bonds is 4. The first-order valence-corrected chi connectivity index (χ1v) is 5.85. The predicted molar refractivity (Wildman–Crippen MR) is 49.4 cm³/mol. The van der Waals surface area contributed by atoms with Crippen molar-refractivity contribution in [3.8, 4) is 0 Å². The van der Waals surface area contributed by atoms with Crippen molar-refractivity contribution in [2.24, 2.45) is 0 Å². The monoisotopic (exact) mass is 222 g/mol. The largest absolute Gasteiger partial charge is 1.00 e. The van der Waals surface area contributed by atoms with E-state index in [-0.39, 0.29) is 42.3 Å². The normalized spacial score (nSPS) is 14.1. The average molecular weight is 222 g/mol. The van der Waals surface area contributed by atoms with Crippen LogP contribution in [0.3, 0.4) is 0 Å². The maximum Gasteiger partial charge on any atom is 1.00 e. The molecule has 0 bridgehead atoms. The zero-order chi connectivity index (χ0) is 9.73. The van der Waals surface area contributed by atoms with Crippen molar-refractivity contribution < 1.29 is 43.5 Å². The Bertz CT molecular complexity index is 302. The molecule has 1 aromatic rings. The second kappa shape index (κ2) is 6.78. The van der Waals surface area contributed by atoms with Crippen LogP contribution in [0.15, 0.2) is 30.3 Å². The average Bonchev–Trinajstić information content (AvgIpc) is 2.04. The van der Waals surface area contributed by atoms with E-state index in [0.717, 1.165) is 5.56 Å². The fourth-order valence-corrected chi connectivity index (χ4v) is 2.19. The van der Waals surface area contributed by atoms with E-state index in [1.165, 1.54) is 0 Å². The third-order valence-corrected chi connectivity index (χ3v) is 2.95. The van der Waals surface area contributed by atoms with Crippen LogP contribution in [0, 0.1) is 0 Å². The Morgan fingerprint density at radius 2 is 1.93 bits per heavy atom. The summed E-state index contributed by atoms with van der Waals surface area (Å²) in [7, 11) is -3.66. The molecule has 72 valence electrons. The molecule has 1 aromatic carbocycles. The second-order valence-electron chi connectivity index (χ2n) is 2.67. The van der Waals surface area contributed by atoms with E-state index in [1.54, 1.807) is 31.2 Å². The molecule has 0 aromatic heterocycles. The topological polar surface area (TPSA) is 49.4 Å².